The number of amides is 3. The molecule has 2 aliphatic heterocycles. The first kappa shape index (κ1) is 30.3. The summed E-state index contributed by atoms with van der Waals surface area (Å²) in [5, 5.41) is 6.06. The maximum Gasteiger partial charge on any atom is 0.256 e. The van der Waals surface area contributed by atoms with Gasteiger partial charge in [0.15, 0.2) is 0 Å². The largest absolute Gasteiger partial charge is 0.358 e. The number of nitrogens with zero attached hydrogens (tertiary/aromatic N) is 2. The zero-order chi connectivity index (χ0) is 30.7. The van der Waals surface area contributed by atoms with Crippen LogP contribution in [0.2, 0.25) is 0 Å². The van der Waals surface area contributed by atoms with E-state index in [1.807, 2.05) is 56.0 Å². The highest BCUT2D eigenvalue weighted by Gasteiger charge is 2.33. The summed E-state index contributed by atoms with van der Waals surface area (Å²) in [6, 6.07) is 15.3. The van der Waals surface area contributed by atoms with Crippen LogP contribution in [0.15, 0.2) is 48.5 Å². The number of carbonyl (C=O) groups is 3. The van der Waals surface area contributed by atoms with E-state index in [1.165, 1.54) is 0 Å². The average Bonchev–Trinajstić information content (AvgIpc) is 3.69. The molecule has 1 aromatic heterocycles. The Bertz CT molecular complexity index is 1540. The monoisotopic (exact) mass is 581 g/mol. The van der Waals surface area contributed by atoms with Crippen molar-refractivity contribution < 1.29 is 14.4 Å². The highest BCUT2D eigenvalue weighted by molar-refractivity contribution is 6.35. The smallest absolute Gasteiger partial charge is 0.256 e. The first-order valence-electron chi connectivity index (χ1n) is 15.5. The molecule has 43 heavy (non-hydrogen) atoms. The molecule has 1 saturated heterocycles. The van der Waals surface area contributed by atoms with Gasteiger partial charge in [0.2, 0.25) is 0 Å². The van der Waals surface area contributed by atoms with Crippen LogP contribution in [-0.4, -0.2) is 64.7 Å². The second-order valence-corrected chi connectivity index (χ2v) is 11.6. The molecule has 2 aromatic carbocycles. The molecule has 3 amide bonds. The van der Waals surface area contributed by atoms with Gasteiger partial charge in [0, 0.05) is 47.3 Å². The Balaban J connectivity index is 1.40. The summed E-state index contributed by atoms with van der Waals surface area (Å²) < 4.78 is 0. The molecular formula is C35H43N5O3. The predicted octanol–water partition coefficient (Wildman–Crippen LogP) is 5.95. The van der Waals surface area contributed by atoms with Crippen LogP contribution in [0, 0.1) is 13.8 Å². The SMILES string of the molecule is CCC(NC(=O)c1ccc2c(c1)C(=Cc1[nH]c(C)c(C(=O)N3CCCC3CN(CC)CC)c1C)C(=O)N2)c1ccccc1. The quantitative estimate of drug-likeness (QED) is 0.258. The second kappa shape index (κ2) is 13.0. The third kappa shape index (κ3) is 6.15. The number of aryl methyl sites for hydroxylation is 1. The number of rotatable bonds is 10. The van der Waals surface area contributed by atoms with Crippen molar-refractivity contribution >= 4 is 35.1 Å². The molecule has 1 fully saturated rings. The van der Waals surface area contributed by atoms with Gasteiger partial charge in [-0.1, -0.05) is 51.1 Å². The molecule has 3 heterocycles. The number of carbonyl (C=O) groups excluding carboxylic acids is 3. The van der Waals surface area contributed by atoms with Crippen LogP contribution >= 0.6 is 0 Å². The lowest BCUT2D eigenvalue weighted by molar-refractivity contribution is -0.110. The lowest BCUT2D eigenvalue weighted by atomic mass is 10.0. The Hall–Kier alpha value is -4.17. The highest BCUT2D eigenvalue weighted by atomic mass is 16.2. The number of anilines is 1. The number of aromatic amines is 1. The third-order valence-electron chi connectivity index (χ3n) is 8.96. The zero-order valence-corrected chi connectivity index (χ0v) is 25.9. The van der Waals surface area contributed by atoms with Crippen molar-refractivity contribution in [1.82, 2.24) is 20.1 Å². The van der Waals surface area contributed by atoms with Crippen molar-refractivity contribution in [3.05, 3.63) is 87.7 Å². The van der Waals surface area contributed by atoms with Crippen LogP contribution in [0.5, 0.6) is 0 Å². The van der Waals surface area contributed by atoms with E-state index in [0.29, 0.717) is 28.0 Å². The summed E-state index contributed by atoms with van der Waals surface area (Å²) in [5.74, 6) is -0.381. The minimum atomic E-state index is -0.235. The molecule has 0 aliphatic carbocycles. The Labute approximate surface area is 254 Å². The third-order valence-corrected chi connectivity index (χ3v) is 8.96. The number of aromatic nitrogens is 1. The summed E-state index contributed by atoms with van der Waals surface area (Å²) in [5.41, 5.74) is 6.35. The van der Waals surface area contributed by atoms with Gasteiger partial charge in [-0.3, -0.25) is 14.4 Å². The average molecular weight is 582 g/mol. The van der Waals surface area contributed by atoms with E-state index in [9.17, 15) is 14.4 Å². The van der Waals surface area contributed by atoms with Crippen molar-refractivity contribution in [2.45, 2.75) is 66.0 Å². The minimum Gasteiger partial charge on any atom is -0.358 e. The first-order chi connectivity index (χ1) is 20.7. The van der Waals surface area contributed by atoms with Crippen LogP contribution in [0.25, 0.3) is 11.6 Å². The summed E-state index contributed by atoms with van der Waals surface area (Å²) in [6.07, 6.45) is 4.58. The maximum absolute atomic E-state index is 13.8. The van der Waals surface area contributed by atoms with Crippen molar-refractivity contribution in [1.29, 1.82) is 0 Å². The van der Waals surface area contributed by atoms with Gasteiger partial charge in [-0.25, -0.2) is 0 Å². The molecule has 0 saturated carbocycles. The van der Waals surface area contributed by atoms with Crippen molar-refractivity contribution in [3.63, 3.8) is 0 Å². The second-order valence-electron chi connectivity index (χ2n) is 11.6. The van der Waals surface area contributed by atoms with E-state index in [-0.39, 0.29) is 29.8 Å². The lowest BCUT2D eigenvalue weighted by Gasteiger charge is -2.30. The van der Waals surface area contributed by atoms with Crippen LogP contribution in [-0.2, 0) is 4.79 Å². The number of likely N-dealkylation sites (N-methyl/N-ethyl adjacent to an activating group) is 1. The fourth-order valence-corrected chi connectivity index (χ4v) is 6.42. The van der Waals surface area contributed by atoms with Gasteiger partial charge in [0.1, 0.15) is 0 Å². The molecular weight excluding hydrogens is 538 g/mol. The molecule has 226 valence electrons. The zero-order valence-electron chi connectivity index (χ0n) is 25.9. The van der Waals surface area contributed by atoms with Crippen LogP contribution in [0.3, 0.4) is 0 Å². The Morgan fingerprint density at radius 1 is 1.09 bits per heavy atom. The topological polar surface area (TPSA) is 97.5 Å². The van der Waals surface area contributed by atoms with Gasteiger partial charge in [-0.2, -0.15) is 0 Å². The van der Waals surface area contributed by atoms with Gasteiger partial charge in [-0.15, -0.1) is 0 Å². The number of likely N-dealkylation sites (tertiary alicyclic amines) is 1. The van der Waals surface area contributed by atoms with Crippen molar-refractivity contribution in [3.8, 4) is 0 Å². The van der Waals surface area contributed by atoms with Gasteiger partial charge in [-0.05, 0) is 81.6 Å². The molecule has 0 bridgehead atoms. The molecule has 0 radical (unpaired) electrons. The fraction of sp³-hybridized carbons (Fsp3) is 0.400. The normalized spacial score (nSPS) is 17.8. The maximum atomic E-state index is 13.8. The molecule has 8 heteroatoms. The van der Waals surface area contributed by atoms with E-state index in [4.69, 9.17) is 0 Å². The van der Waals surface area contributed by atoms with Gasteiger partial charge in [0.05, 0.1) is 17.2 Å². The Kier molecular flexibility index (Phi) is 9.16. The van der Waals surface area contributed by atoms with Crippen molar-refractivity contribution in [2.75, 3.05) is 31.5 Å². The Morgan fingerprint density at radius 3 is 2.53 bits per heavy atom. The van der Waals surface area contributed by atoms with Crippen LogP contribution < -0.4 is 10.6 Å². The number of nitrogens with one attached hydrogen (secondary N) is 3. The van der Waals surface area contributed by atoms with Gasteiger partial charge in [0.25, 0.3) is 17.7 Å². The van der Waals surface area contributed by atoms with Crippen LogP contribution in [0.4, 0.5) is 5.69 Å². The van der Waals surface area contributed by atoms with E-state index in [0.717, 1.165) is 68.0 Å². The number of hydrogen-bond acceptors (Lipinski definition) is 4. The first-order valence-corrected chi connectivity index (χ1v) is 15.5. The lowest BCUT2D eigenvalue weighted by Crippen LogP contribution is -2.43. The molecule has 8 nitrogen and oxygen atoms in total. The van der Waals surface area contributed by atoms with Crippen LogP contribution in [0.1, 0.15) is 94.9 Å². The van der Waals surface area contributed by atoms with E-state index < -0.39 is 0 Å². The predicted molar refractivity (Wildman–Crippen MR) is 172 cm³/mol. The highest BCUT2D eigenvalue weighted by Crippen LogP contribution is 2.35. The summed E-state index contributed by atoms with van der Waals surface area (Å²) in [7, 11) is 0. The Morgan fingerprint density at radius 2 is 1.84 bits per heavy atom. The molecule has 0 spiro atoms. The van der Waals surface area contributed by atoms with Crippen molar-refractivity contribution in [2.24, 2.45) is 0 Å². The molecule has 3 N–H and O–H groups in total. The molecule has 3 aromatic rings. The summed E-state index contributed by atoms with van der Waals surface area (Å²) >= 11 is 0. The van der Waals surface area contributed by atoms with E-state index in [2.05, 4.69) is 34.4 Å². The van der Waals surface area contributed by atoms with Gasteiger partial charge >= 0.3 is 0 Å². The molecule has 2 aliphatic rings. The fourth-order valence-electron chi connectivity index (χ4n) is 6.42. The standard InChI is InChI=1S/C35H43N5O3/c1-6-29(24-13-10-9-11-14-24)37-33(41)25-16-17-30-27(19-25)28(34(42)38-30)20-31-22(4)32(23(5)36-31)35(43)40-18-12-15-26(40)21-39(7-2)8-3/h9-11,13-14,16-17,19-20,26,29,36H,6-8,12,15,18,21H2,1-5H3,(H,37,41)(H,38,42). The van der Waals surface area contributed by atoms with E-state index >= 15 is 0 Å². The molecule has 2 unspecified atom stereocenters. The summed E-state index contributed by atoms with van der Waals surface area (Å²) in [4.78, 5) is 48.0. The number of H-pyrrole nitrogens is 1. The molecule has 5 rings (SSSR count). The van der Waals surface area contributed by atoms with Gasteiger partial charge < -0.3 is 25.4 Å². The number of benzene rings is 2. The number of hydrogen-bond donors (Lipinski definition) is 3. The molecule has 2 atom stereocenters. The minimum absolute atomic E-state index is 0.0460. The number of fused-ring (bicyclic) bond motifs is 1. The van der Waals surface area contributed by atoms with E-state index in [1.54, 1.807) is 24.3 Å². The summed E-state index contributed by atoms with van der Waals surface area (Å²) in [6.45, 7) is 13.8.